The Morgan fingerprint density at radius 2 is 2.00 bits per heavy atom. The molecule has 1 aromatic heterocycles. The number of hydrogen-bond donors (Lipinski definition) is 2. The molecule has 2 heterocycles. The van der Waals surface area contributed by atoms with Gasteiger partial charge in [0.15, 0.2) is 0 Å². The van der Waals surface area contributed by atoms with Gasteiger partial charge in [-0.1, -0.05) is 12.1 Å². The second kappa shape index (κ2) is 6.93. The fourth-order valence-electron chi connectivity index (χ4n) is 3.02. The van der Waals surface area contributed by atoms with E-state index in [0.717, 1.165) is 38.2 Å². The molecule has 122 valence electrons. The monoisotopic (exact) mass is 313 g/mol. The average molecular weight is 313 g/mol. The van der Waals surface area contributed by atoms with Gasteiger partial charge in [-0.2, -0.15) is 4.98 Å². The van der Waals surface area contributed by atoms with Crippen LogP contribution in [0.4, 0.5) is 5.82 Å². The Morgan fingerprint density at radius 3 is 2.70 bits per heavy atom. The maximum atomic E-state index is 11.8. The number of likely N-dealkylation sites (tertiary alicyclic amines) is 1. The van der Waals surface area contributed by atoms with E-state index in [2.05, 4.69) is 22.0 Å². The molecule has 23 heavy (non-hydrogen) atoms. The van der Waals surface area contributed by atoms with Crippen molar-refractivity contribution in [1.29, 1.82) is 0 Å². The highest BCUT2D eigenvalue weighted by Crippen LogP contribution is 2.12. The molecule has 1 fully saturated rings. The van der Waals surface area contributed by atoms with Crippen molar-refractivity contribution in [2.45, 2.75) is 25.3 Å². The zero-order valence-electron chi connectivity index (χ0n) is 13.2. The molecule has 0 saturated carbocycles. The standard InChI is InChI=1S/C17H23N5O/c18-14-2-1-9-21(12-14)10-7-13-3-5-15(6-4-13)22-11-8-16(19)20-17(22)23/h3-6,8,11,14H,1-2,7,9-10,12,18H2,(H2,19,20,23)/t14-/m1/s1. The van der Waals surface area contributed by atoms with E-state index in [1.807, 2.05) is 12.1 Å². The van der Waals surface area contributed by atoms with Crippen LogP contribution in [0.5, 0.6) is 0 Å². The molecule has 1 aliphatic rings. The summed E-state index contributed by atoms with van der Waals surface area (Å²) in [4.78, 5) is 18.0. The van der Waals surface area contributed by atoms with Crippen molar-refractivity contribution < 1.29 is 0 Å². The highest BCUT2D eigenvalue weighted by atomic mass is 16.1. The molecule has 1 aliphatic heterocycles. The molecule has 6 nitrogen and oxygen atoms in total. The van der Waals surface area contributed by atoms with E-state index in [4.69, 9.17) is 11.5 Å². The van der Waals surface area contributed by atoms with Crippen LogP contribution >= 0.6 is 0 Å². The van der Waals surface area contributed by atoms with Gasteiger partial charge in [0.05, 0.1) is 5.69 Å². The van der Waals surface area contributed by atoms with Crippen LogP contribution in [0.15, 0.2) is 41.3 Å². The zero-order valence-corrected chi connectivity index (χ0v) is 13.2. The first kappa shape index (κ1) is 15.7. The minimum absolute atomic E-state index is 0.239. The molecule has 6 heteroatoms. The van der Waals surface area contributed by atoms with Gasteiger partial charge in [-0.25, -0.2) is 4.79 Å². The Balaban J connectivity index is 1.64. The predicted octanol–water partition coefficient (Wildman–Crippen LogP) is 0.780. The highest BCUT2D eigenvalue weighted by molar-refractivity contribution is 5.36. The van der Waals surface area contributed by atoms with E-state index in [-0.39, 0.29) is 11.5 Å². The van der Waals surface area contributed by atoms with Gasteiger partial charge >= 0.3 is 5.69 Å². The number of benzene rings is 1. The van der Waals surface area contributed by atoms with Crippen LogP contribution in [0.3, 0.4) is 0 Å². The van der Waals surface area contributed by atoms with Crippen molar-refractivity contribution in [2.24, 2.45) is 5.73 Å². The summed E-state index contributed by atoms with van der Waals surface area (Å²) in [5.74, 6) is 0.239. The minimum Gasteiger partial charge on any atom is -0.383 e. The molecule has 0 amide bonds. The largest absolute Gasteiger partial charge is 0.383 e. The summed E-state index contributed by atoms with van der Waals surface area (Å²) < 4.78 is 1.49. The van der Waals surface area contributed by atoms with Gasteiger partial charge < -0.3 is 16.4 Å². The number of nitrogens with zero attached hydrogens (tertiary/aromatic N) is 3. The number of piperidine rings is 1. The highest BCUT2D eigenvalue weighted by Gasteiger charge is 2.15. The first-order valence-corrected chi connectivity index (χ1v) is 8.04. The minimum atomic E-state index is -0.361. The summed E-state index contributed by atoms with van der Waals surface area (Å²) in [6.45, 7) is 3.15. The van der Waals surface area contributed by atoms with Crippen molar-refractivity contribution in [3.8, 4) is 5.69 Å². The maximum absolute atomic E-state index is 11.8. The Labute approximate surface area is 135 Å². The van der Waals surface area contributed by atoms with Crippen LogP contribution in [0, 0.1) is 0 Å². The summed E-state index contributed by atoms with van der Waals surface area (Å²) in [5.41, 5.74) is 13.2. The lowest BCUT2D eigenvalue weighted by Gasteiger charge is -2.30. The third-order valence-corrected chi connectivity index (χ3v) is 4.30. The molecule has 4 N–H and O–H groups in total. The van der Waals surface area contributed by atoms with E-state index in [1.165, 1.54) is 16.6 Å². The van der Waals surface area contributed by atoms with Crippen molar-refractivity contribution in [3.05, 3.63) is 52.6 Å². The fraction of sp³-hybridized carbons (Fsp3) is 0.412. The molecule has 0 unspecified atom stereocenters. The van der Waals surface area contributed by atoms with E-state index in [0.29, 0.717) is 6.04 Å². The van der Waals surface area contributed by atoms with Gasteiger partial charge in [0.1, 0.15) is 5.82 Å². The van der Waals surface area contributed by atoms with Crippen LogP contribution in [-0.2, 0) is 6.42 Å². The van der Waals surface area contributed by atoms with Crippen LogP contribution in [0.1, 0.15) is 18.4 Å². The number of nitrogens with two attached hydrogens (primary N) is 2. The van der Waals surface area contributed by atoms with E-state index in [9.17, 15) is 4.79 Å². The van der Waals surface area contributed by atoms with Crippen LogP contribution in [0.25, 0.3) is 5.69 Å². The normalized spacial score (nSPS) is 18.9. The average Bonchev–Trinajstić information content (AvgIpc) is 2.54. The summed E-state index contributed by atoms with van der Waals surface area (Å²) in [6, 6.07) is 9.93. The smallest absolute Gasteiger partial charge is 0.354 e. The van der Waals surface area contributed by atoms with E-state index in [1.54, 1.807) is 12.3 Å². The lowest BCUT2D eigenvalue weighted by Crippen LogP contribution is -2.43. The van der Waals surface area contributed by atoms with Gasteiger partial charge in [-0.05, 0) is 49.6 Å². The lowest BCUT2D eigenvalue weighted by atomic mass is 10.1. The Kier molecular flexibility index (Phi) is 4.73. The van der Waals surface area contributed by atoms with Crippen molar-refractivity contribution >= 4 is 5.82 Å². The number of nitrogen functional groups attached to an aromatic ring is 1. The maximum Gasteiger partial charge on any atom is 0.354 e. The molecule has 2 aromatic rings. The number of hydrogen-bond acceptors (Lipinski definition) is 5. The fourth-order valence-corrected chi connectivity index (χ4v) is 3.02. The molecule has 0 radical (unpaired) electrons. The van der Waals surface area contributed by atoms with E-state index < -0.39 is 0 Å². The van der Waals surface area contributed by atoms with Crippen LogP contribution in [0.2, 0.25) is 0 Å². The summed E-state index contributed by atoms with van der Waals surface area (Å²) >= 11 is 0. The van der Waals surface area contributed by atoms with Gasteiger partial charge in [-0.15, -0.1) is 0 Å². The Hall–Kier alpha value is -2.18. The third-order valence-electron chi connectivity index (χ3n) is 4.30. The SMILES string of the molecule is Nc1ccn(-c2ccc(CCN3CCC[C@@H](N)C3)cc2)c(=O)n1. The summed E-state index contributed by atoms with van der Waals surface area (Å²) in [7, 11) is 0. The predicted molar refractivity (Wildman–Crippen MR) is 91.6 cm³/mol. The summed E-state index contributed by atoms with van der Waals surface area (Å²) in [5, 5.41) is 0. The number of rotatable bonds is 4. The quantitative estimate of drug-likeness (QED) is 0.870. The van der Waals surface area contributed by atoms with Gasteiger partial charge in [-0.3, -0.25) is 4.57 Å². The molecule has 1 atom stereocenters. The summed E-state index contributed by atoms with van der Waals surface area (Å²) in [6.07, 6.45) is 4.96. The molecular formula is C17H23N5O. The lowest BCUT2D eigenvalue weighted by molar-refractivity contribution is 0.211. The second-order valence-electron chi connectivity index (χ2n) is 6.12. The molecule has 3 rings (SSSR count). The van der Waals surface area contributed by atoms with Gasteiger partial charge in [0, 0.05) is 25.3 Å². The third kappa shape index (κ3) is 3.97. The van der Waals surface area contributed by atoms with Crippen molar-refractivity contribution in [3.63, 3.8) is 0 Å². The first-order chi connectivity index (χ1) is 11.1. The number of aromatic nitrogens is 2. The molecule has 0 aliphatic carbocycles. The Morgan fingerprint density at radius 1 is 1.22 bits per heavy atom. The van der Waals surface area contributed by atoms with Gasteiger partial charge in [0.2, 0.25) is 0 Å². The van der Waals surface area contributed by atoms with Crippen molar-refractivity contribution in [2.75, 3.05) is 25.4 Å². The molecular weight excluding hydrogens is 290 g/mol. The molecule has 0 spiro atoms. The van der Waals surface area contributed by atoms with Crippen LogP contribution in [-0.4, -0.2) is 40.1 Å². The van der Waals surface area contributed by atoms with Crippen LogP contribution < -0.4 is 17.2 Å². The molecule has 1 aromatic carbocycles. The number of anilines is 1. The van der Waals surface area contributed by atoms with E-state index >= 15 is 0 Å². The van der Waals surface area contributed by atoms with Gasteiger partial charge in [0.25, 0.3) is 0 Å². The first-order valence-electron chi connectivity index (χ1n) is 8.04. The molecule has 0 bridgehead atoms. The Bertz CT molecular complexity index is 710. The zero-order chi connectivity index (χ0) is 16.2. The topological polar surface area (TPSA) is 90.2 Å². The van der Waals surface area contributed by atoms with Crippen molar-refractivity contribution in [1.82, 2.24) is 14.5 Å². The second-order valence-corrected chi connectivity index (χ2v) is 6.12. The molecule has 1 saturated heterocycles.